The predicted octanol–water partition coefficient (Wildman–Crippen LogP) is 5.22. The molecule has 0 radical (unpaired) electrons. The van der Waals surface area contributed by atoms with Crippen molar-refractivity contribution in [2.75, 3.05) is 0 Å². The number of non-ortho nitro benzene ring substituents is 1. The lowest BCUT2D eigenvalue weighted by Gasteiger charge is -2.06. The first-order valence-corrected chi connectivity index (χ1v) is 6.01. The van der Waals surface area contributed by atoms with Gasteiger partial charge in [0.25, 0.3) is 5.69 Å². The van der Waals surface area contributed by atoms with Gasteiger partial charge in [0, 0.05) is 32.8 Å². The lowest BCUT2D eigenvalue weighted by molar-refractivity contribution is -0.384. The molecule has 0 aliphatic carbocycles. The molecule has 0 N–H and O–H groups in total. The third-order valence-electron chi connectivity index (χ3n) is 2.33. The third kappa shape index (κ3) is 2.75. The quantitative estimate of drug-likeness (QED) is 0.563. The van der Waals surface area contributed by atoms with E-state index in [1.165, 1.54) is 18.2 Å². The average molecular weight is 303 g/mol. The van der Waals surface area contributed by atoms with E-state index >= 15 is 0 Å². The molecule has 0 aromatic heterocycles. The molecule has 18 heavy (non-hydrogen) atoms. The smallest absolute Gasteiger partial charge is 0.258 e. The van der Waals surface area contributed by atoms with E-state index in [4.69, 9.17) is 34.8 Å². The Morgan fingerprint density at radius 2 is 1.56 bits per heavy atom. The van der Waals surface area contributed by atoms with Crippen molar-refractivity contribution in [2.24, 2.45) is 0 Å². The molecule has 0 saturated heterocycles. The summed E-state index contributed by atoms with van der Waals surface area (Å²) in [7, 11) is 0. The Morgan fingerprint density at radius 3 is 2.11 bits per heavy atom. The van der Waals surface area contributed by atoms with Gasteiger partial charge in [-0.2, -0.15) is 0 Å². The molecule has 0 amide bonds. The molecule has 2 aromatic carbocycles. The van der Waals surface area contributed by atoms with Crippen LogP contribution in [-0.4, -0.2) is 4.92 Å². The van der Waals surface area contributed by atoms with E-state index in [-0.39, 0.29) is 5.69 Å². The number of hydrogen-bond donors (Lipinski definition) is 0. The van der Waals surface area contributed by atoms with Crippen LogP contribution in [0.4, 0.5) is 5.69 Å². The van der Waals surface area contributed by atoms with Crippen LogP contribution >= 0.6 is 34.8 Å². The van der Waals surface area contributed by atoms with Crippen molar-refractivity contribution in [1.29, 1.82) is 0 Å². The Bertz CT molecular complexity index is 608. The van der Waals surface area contributed by atoms with Gasteiger partial charge in [0.2, 0.25) is 0 Å². The monoisotopic (exact) mass is 301 g/mol. The van der Waals surface area contributed by atoms with Crippen molar-refractivity contribution in [3.8, 4) is 11.1 Å². The average Bonchev–Trinajstić information content (AvgIpc) is 2.27. The fourth-order valence-electron chi connectivity index (χ4n) is 1.56. The molecule has 2 rings (SSSR count). The first-order chi connectivity index (χ1) is 8.47. The molecule has 0 spiro atoms. The zero-order valence-electron chi connectivity index (χ0n) is 8.86. The molecule has 0 saturated carbocycles. The van der Waals surface area contributed by atoms with Crippen LogP contribution in [0.5, 0.6) is 0 Å². The molecular formula is C12H6Cl3NO2. The maximum absolute atomic E-state index is 10.7. The second-order valence-electron chi connectivity index (χ2n) is 3.58. The molecule has 2 aromatic rings. The van der Waals surface area contributed by atoms with Crippen LogP contribution in [0.25, 0.3) is 11.1 Å². The maximum atomic E-state index is 10.7. The molecule has 3 nitrogen and oxygen atoms in total. The zero-order valence-corrected chi connectivity index (χ0v) is 11.1. The van der Waals surface area contributed by atoms with Crippen molar-refractivity contribution in [1.82, 2.24) is 0 Å². The number of rotatable bonds is 2. The Hall–Kier alpha value is -1.29. The van der Waals surface area contributed by atoms with E-state index in [9.17, 15) is 10.1 Å². The molecular weight excluding hydrogens is 296 g/mol. The van der Waals surface area contributed by atoms with Gasteiger partial charge in [0.15, 0.2) is 0 Å². The first-order valence-electron chi connectivity index (χ1n) is 4.88. The van der Waals surface area contributed by atoms with E-state index in [1.807, 2.05) is 0 Å². The Labute approximate surface area is 118 Å². The van der Waals surface area contributed by atoms with E-state index in [0.29, 0.717) is 26.2 Å². The highest BCUT2D eigenvalue weighted by Crippen LogP contribution is 2.34. The molecule has 0 aliphatic rings. The third-order valence-corrected chi connectivity index (χ3v) is 3.10. The number of hydrogen-bond acceptors (Lipinski definition) is 2. The van der Waals surface area contributed by atoms with Gasteiger partial charge < -0.3 is 0 Å². The summed E-state index contributed by atoms with van der Waals surface area (Å²) in [5, 5.41) is 12.0. The summed E-state index contributed by atoms with van der Waals surface area (Å²) in [5.41, 5.74) is 1.13. The van der Waals surface area contributed by atoms with Crippen molar-refractivity contribution >= 4 is 40.5 Å². The highest BCUT2D eigenvalue weighted by atomic mass is 35.5. The standard InChI is InChI=1S/C12H6Cl3NO2/c13-8-3-7(4-9(14)5-8)11-6-10(16(17)18)1-2-12(11)15/h1-6H. The van der Waals surface area contributed by atoms with Crippen LogP contribution in [0.3, 0.4) is 0 Å². The van der Waals surface area contributed by atoms with Crippen molar-refractivity contribution in [3.63, 3.8) is 0 Å². The summed E-state index contributed by atoms with van der Waals surface area (Å²) < 4.78 is 0. The second kappa shape index (κ2) is 5.14. The first kappa shape index (κ1) is 13.1. The lowest BCUT2D eigenvalue weighted by atomic mass is 10.1. The highest BCUT2D eigenvalue weighted by Gasteiger charge is 2.12. The topological polar surface area (TPSA) is 43.1 Å². The zero-order chi connectivity index (χ0) is 13.3. The van der Waals surface area contributed by atoms with Gasteiger partial charge in [-0.3, -0.25) is 10.1 Å². The van der Waals surface area contributed by atoms with E-state index in [0.717, 1.165) is 0 Å². The molecule has 0 atom stereocenters. The second-order valence-corrected chi connectivity index (χ2v) is 4.86. The van der Waals surface area contributed by atoms with Crippen LogP contribution < -0.4 is 0 Å². The number of halogens is 3. The maximum Gasteiger partial charge on any atom is 0.270 e. The SMILES string of the molecule is O=[N+]([O-])c1ccc(Cl)c(-c2cc(Cl)cc(Cl)c2)c1. The van der Waals surface area contributed by atoms with Crippen LogP contribution in [0, 0.1) is 10.1 Å². The minimum Gasteiger partial charge on any atom is -0.258 e. The van der Waals surface area contributed by atoms with Gasteiger partial charge in [-0.05, 0) is 29.8 Å². The lowest BCUT2D eigenvalue weighted by Crippen LogP contribution is -1.89. The molecule has 0 bridgehead atoms. The van der Waals surface area contributed by atoms with E-state index in [2.05, 4.69) is 0 Å². The summed E-state index contributed by atoms with van der Waals surface area (Å²) in [4.78, 5) is 10.3. The molecule has 0 fully saturated rings. The van der Waals surface area contributed by atoms with Crippen LogP contribution in [-0.2, 0) is 0 Å². The molecule has 0 heterocycles. The van der Waals surface area contributed by atoms with Gasteiger partial charge in [-0.1, -0.05) is 34.8 Å². The molecule has 0 unspecified atom stereocenters. The Kier molecular flexibility index (Phi) is 3.76. The fraction of sp³-hybridized carbons (Fsp3) is 0. The van der Waals surface area contributed by atoms with Crippen LogP contribution in [0.15, 0.2) is 36.4 Å². The molecule has 6 heteroatoms. The minimum atomic E-state index is -0.480. The van der Waals surface area contributed by atoms with Crippen LogP contribution in [0.1, 0.15) is 0 Å². The van der Waals surface area contributed by atoms with Gasteiger partial charge in [0.1, 0.15) is 0 Å². The van der Waals surface area contributed by atoms with E-state index < -0.39 is 4.92 Å². The normalized spacial score (nSPS) is 10.4. The summed E-state index contributed by atoms with van der Waals surface area (Å²) in [6, 6.07) is 9.10. The predicted molar refractivity (Wildman–Crippen MR) is 73.6 cm³/mol. The van der Waals surface area contributed by atoms with Gasteiger partial charge in [0.05, 0.1) is 4.92 Å². The summed E-state index contributed by atoms with van der Waals surface area (Å²) in [6.07, 6.45) is 0. The van der Waals surface area contributed by atoms with Crippen LogP contribution in [0.2, 0.25) is 15.1 Å². The Morgan fingerprint density at radius 1 is 0.944 bits per heavy atom. The molecule has 92 valence electrons. The van der Waals surface area contributed by atoms with Crippen molar-refractivity contribution in [2.45, 2.75) is 0 Å². The van der Waals surface area contributed by atoms with E-state index in [1.54, 1.807) is 18.2 Å². The van der Waals surface area contributed by atoms with Crippen molar-refractivity contribution < 1.29 is 4.92 Å². The van der Waals surface area contributed by atoms with Gasteiger partial charge in [-0.15, -0.1) is 0 Å². The van der Waals surface area contributed by atoms with Gasteiger partial charge >= 0.3 is 0 Å². The number of nitro groups is 1. The van der Waals surface area contributed by atoms with Gasteiger partial charge in [-0.25, -0.2) is 0 Å². The summed E-state index contributed by atoms with van der Waals surface area (Å²) in [5.74, 6) is 0. The highest BCUT2D eigenvalue weighted by molar-refractivity contribution is 6.36. The Balaban J connectivity index is 2.62. The fourth-order valence-corrected chi connectivity index (χ4v) is 2.31. The minimum absolute atomic E-state index is 0.0366. The summed E-state index contributed by atoms with van der Waals surface area (Å²) in [6.45, 7) is 0. The number of benzene rings is 2. The number of nitrogens with zero attached hydrogens (tertiary/aromatic N) is 1. The molecule has 0 aliphatic heterocycles. The van der Waals surface area contributed by atoms with Crippen molar-refractivity contribution in [3.05, 3.63) is 61.6 Å². The summed E-state index contributed by atoms with van der Waals surface area (Å²) >= 11 is 17.8. The largest absolute Gasteiger partial charge is 0.270 e. The number of nitro benzene ring substituents is 1.